The number of imide groups is 1. The third kappa shape index (κ3) is 2.16. The van der Waals surface area contributed by atoms with Gasteiger partial charge in [-0.05, 0) is 31.4 Å². The Bertz CT molecular complexity index is 414. The summed E-state index contributed by atoms with van der Waals surface area (Å²) < 4.78 is 0. The summed E-state index contributed by atoms with van der Waals surface area (Å²) in [5, 5.41) is 8.01. The molecule has 2 N–H and O–H groups in total. The van der Waals surface area contributed by atoms with Gasteiger partial charge in [-0.15, -0.1) is 11.3 Å². The molecule has 1 aliphatic rings. The lowest BCUT2D eigenvalue weighted by atomic mass is 10.1. The number of hydrogen-bond acceptors (Lipinski definition) is 3. The predicted molar refractivity (Wildman–Crippen MR) is 62.7 cm³/mol. The van der Waals surface area contributed by atoms with Crippen LogP contribution in [0.1, 0.15) is 13.8 Å². The van der Waals surface area contributed by atoms with Gasteiger partial charge in [0.05, 0.1) is 17.1 Å². The number of anilines is 1. The Morgan fingerprint density at radius 3 is 2.88 bits per heavy atom. The van der Waals surface area contributed by atoms with Gasteiger partial charge in [-0.25, -0.2) is 14.5 Å². The van der Waals surface area contributed by atoms with Crippen LogP contribution in [0.15, 0.2) is 17.5 Å². The molecule has 0 saturated carbocycles. The van der Waals surface area contributed by atoms with E-state index >= 15 is 0 Å². The normalized spacial score (nSPS) is 18.4. The molecule has 1 aromatic heterocycles. The summed E-state index contributed by atoms with van der Waals surface area (Å²) >= 11 is 1.42. The first-order valence-electron chi connectivity index (χ1n) is 4.92. The monoisotopic (exact) mass is 239 g/mol. The highest BCUT2D eigenvalue weighted by Gasteiger charge is 2.38. The largest absolute Gasteiger partial charge is 0.331 e. The maximum Gasteiger partial charge on any atom is 0.330 e. The maximum absolute atomic E-state index is 11.8. The number of hydrogen-bond donors (Lipinski definition) is 2. The number of nitrogens with zero attached hydrogens (tertiary/aromatic N) is 1. The van der Waals surface area contributed by atoms with Crippen molar-refractivity contribution in [2.45, 2.75) is 19.4 Å². The SMILES string of the molecule is CC1(C)CN(C(=O)Nc2cccs2)C(=O)N1. The van der Waals surface area contributed by atoms with Gasteiger partial charge in [-0.1, -0.05) is 0 Å². The van der Waals surface area contributed by atoms with E-state index in [-0.39, 0.29) is 17.6 Å². The van der Waals surface area contributed by atoms with Crippen LogP contribution in [0.4, 0.5) is 14.6 Å². The van der Waals surface area contributed by atoms with Crippen LogP contribution in [0.2, 0.25) is 0 Å². The van der Waals surface area contributed by atoms with Gasteiger partial charge in [0.2, 0.25) is 0 Å². The average Bonchev–Trinajstić information content (AvgIpc) is 2.73. The van der Waals surface area contributed by atoms with E-state index in [1.807, 2.05) is 25.3 Å². The summed E-state index contributed by atoms with van der Waals surface area (Å²) in [4.78, 5) is 24.5. The Morgan fingerprint density at radius 1 is 1.62 bits per heavy atom. The van der Waals surface area contributed by atoms with Crippen molar-refractivity contribution in [3.8, 4) is 0 Å². The number of amides is 4. The number of carbonyl (C=O) groups excluding carboxylic acids is 2. The fourth-order valence-corrected chi connectivity index (χ4v) is 2.16. The van der Waals surface area contributed by atoms with Crippen molar-refractivity contribution in [3.05, 3.63) is 17.5 Å². The lowest BCUT2D eigenvalue weighted by molar-refractivity contribution is 0.207. The predicted octanol–water partition coefficient (Wildman–Crippen LogP) is 2.08. The molecule has 0 atom stereocenters. The van der Waals surface area contributed by atoms with Gasteiger partial charge in [0.1, 0.15) is 0 Å². The zero-order chi connectivity index (χ0) is 11.8. The van der Waals surface area contributed by atoms with Gasteiger partial charge >= 0.3 is 12.1 Å². The third-order valence-corrected chi connectivity index (χ3v) is 3.03. The maximum atomic E-state index is 11.8. The van der Waals surface area contributed by atoms with E-state index < -0.39 is 0 Å². The first-order chi connectivity index (χ1) is 7.48. The molecule has 0 unspecified atom stereocenters. The summed E-state index contributed by atoms with van der Waals surface area (Å²) in [6.45, 7) is 4.13. The molecule has 0 radical (unpaired) electrons. The Hall–Kier alpha value is -1.56. The highest BCUT2D eigenvalue weighted by Crippen LogP contribution is 2.19. The average molecular weight is 239 g/mol. The standard InChI is InChI=1S/C10H13N3O2S/c1-10(2)6-13(9(15)12-10)8(14)11-7-4-3-5-16-7/h3-5H,6H2,1-2H3,(H,11,14)(H,12,15). The summed E-state index contributed by atoms with van der Waals surface area (Å²) in [5.41, 5.74) is -0.357. The fourth-order valence-electron chi connectivity index (χ4n) is 1.55. The van der Waals surface area contributed by atoms with Crippen LogP contribution in [0.5, 0.6) is 0 Å². The molecule has 1 fully saturated rings. The van der Waals surface area contributed by atoms with E-state index in [2.05, 4.69) is 10.6 Å². The molecular weight excluding hydrogens is 226 g/mol. The Balaban J connectivity index is 2.03. The molecule has 0 bridgehead atoms. The second-order valence-corrected chi connectivity index (χ2v) is 5.26. The highest BCUT2D eigenvalue weighted by molar-refractivity contribution is 7.14. The van der Waals surface area contributed by atoms with Crippen molar-refractivity contribution >= 4 is 28.4 Å². The van der Waals surface area contributed by atoms with Crippen molar-refractivity contribution in [1.29, 1.82) is 0 Å². The number of carbonyl (C=O) groups is 2. The summed E-state index contributed by atoms with van der Waals surface area (Å²) in [6, 6.07) is 2.90. The van der Waals surface area contributed by atoms with Crippen molar-refractivity contribution in [1.82, 2.24) is 10.2 Å². The molecule has 2 heterocycles. The third-order valence-electron chi connectivity index (χ3n) is 2.24. The Labute approximate surface area is 97.4 Å². The van der Waals surface area contributed by atoms with Crippen LogP contribution >= 0.6 is 11.3 Å². The first-order valence-corrected chi connectivity index (χ1v) is 5.80. The fraction of sp³-hybridized carbons (Fsp3) is 0.400. The van der Waals surface area contributed by atoms with Gasteiger partial charge in [0, 0.05) is 0 Å². The van der Waals surface area contributed by atoms with Crippen LogP contribution in [-0.4, -0.2) is 29.0 Å². The minimum Gasteiger partial charge on any atom is -0.331 e. The Kier molecular flexibility index (Phi) is 2.59. The van der Waals surface area contributed by atoms with E-state index in [1.165, 1.54) is 16.2 Å². The van der Waals surface area contributed by atoms with E-state index in [0.717, 1.165) is 5.00 Å². The van der Waals surface area contributed by atoms with Crippen molar-refractivity contribution in [3.63, 3.8) is 0 Å². The van der Waals surface area contributed by atoms with Gasteiger partial charge in [-0.3, -0.25) is 5.32 Å². The summed E-state index contributed by atoms with van der Waals surface area (Å²) in [7, 11) is 0. The van der Waals surface area contributed by atoms with E-state index in [0.29, 0.717) is 6.54 Å². The topological polar surface area (TPSA) is 61.4 Å². The van der Waals surface area contributed by atoms with E-state index in [1.54, 1.807) is 6.07 Å². The highest BCUT2D eigenvalue weighted by atomic mass is 32.1. The van der Waals surface area contributed by atoms with Gasteiger partial charge < -0.3 is 5.32 Å². The molecule has 1 saturated heterocycles. The zero-order valence-corrected chi connectivity index (χ0v) is 9.93. The molecule has 0 aromatic carbocycles. The van der Waals surface area contributed by atoms with Crippen LogP contribution in [0.3, 0.4) is 0 Å². The van der Waals surface area contributed by atoms with Crippen LogP contribution in [0.25, 0.3) is 0 Å². The molecule has 2 rings (SSSR count). The van der Waals surface area contributed by atoms with E-state index in [4.69, 9.17) is 0 Å². The van der Waals surface area contributed by atoms with Crippen LogP contribution in [-0.2, 0) is 0 Å². The minimum atomic E-state index is -0.384. The number of urea groups is 2. The van der Waals surface area contributed by atoms with Crippen molar-refractivity contribution < 1.29 is 9.59 Å². The van der Waals surface area contributed by atoms with Crippen molar-refractivity contribution in [2.75, 3.05) is 11.9 Å². The van der Waals surface area contributed by atoms with Crippen LogP contribution in [0, 0.1) is 0 Å². The smallest absolute Gasteiger partial charge is 0.330 e. The lowest BCUT2D eigenvalue weighted by Crippen LogP contribution is -2.37. The molecule has 5 nitrogen and oxygen atoms in total. The molecule has 1 aromatic rings. The molecule has 86 valence electrons. The van der Waals surface area contributed by atoms with Gasteiger partial charge in [-0.2, -0.15) is 0 Å². The minimum absolute atomic E-state index is 0.348. The molecule has 0 aliphatic carbocycles. The molecule has 4 amide bonds. The first kappa shape index (κ1) is 10.9. The van der Waals surface area contributed by atoms with Gasteiger partial charge in [0.15, 0.2) is 0 Å². The van der Waals surface area contributed by atoms with Gasteiger partial charge in [0.25, 0.3) is 0 Å². The number of nitrogens with one attached hydrogen (secondary N) is 2. The molecule has 16 heavy (non-hydrogen) atoms. The molecule has 1 aliphatic heterocycles. The molecule has 0 spiro atoms. The van der Waals surface area contributed by atoms with Crippen molar-refractivity contribution in [2.24, 2.45) is 0 Å². The number of rotatable bonds is 1. The summed E-state index contributed by atoms with van der Waals surface area (Å²) in [5.74, 6) is 0. The van der Waals surface area contributed by atoms with E-state index in [9.17, 15) is 9.59 Å². The molecular formula is C10H13N3O2S. The second kappa shape index (κ2) is 3.79. The number of thiophene rings is 1. The lowest BCUT2D eigenvalue weighted by Gasteiger charge is -2.16. The zero-order valence-electron chi connectivity index (χ0n) is 9.11. The molecule has 6 heteroatoms. The quantitative estimate of drug-likeness (QED) is 0.788. The summed E-state index contributed by atoms with van der Waals surface area (Å²) in [6.07, 6.45) is 0. The van der Waals surface area contributed by atoms with Crippen LogP contribution < -0.4 is 10.6 Å². The Morgan fingerprint density at radius 2 is 2.38 bits per heavy atom. The second-order valence-electron chi connectivity index (χ2n) is 4.31.